The molecule has 0 aliphatic carbocycles. The molecule has 1 amide bonds. The van der Waals surface area contributed by atoms with Gasteiger partial charge in [0.15, 0.2) is 9.84 Å². The van der Waals surface area contributed by atoms with Gasteiger partial charge in [0.2, 0.25) is 15.9 Å². The number of nitrogens with one attached hydrogen (secondary N) is 1. The molecule has 0 saturated carbocycles. The molecule has 1 atom stereocenters. The molecule has 0 aromatic heterocycles. The summed E-state index contributed by atoms with van der Waals surface area (Å²) >= 11 is 0. The Kier molecular flexibility index (Phi) is 6.62. The lowest BCUT2D eigenvalue weighted by Gasteiger charge is -2.34. The molecule has 30 heavy (non-hydrogen) atoms. The van der Waals surface area contributed by atoms with Crippen molar-refractivity contribution in [2.24, 2.45) is 0 Å². The maximum absolute atomic E-state index is 13.3. The van der Waals surface area contributed by atoms with Crippen LogP contribution in [0.3, 0.4) is 0 Å². The first-order valence-electron chi connectivity index (χ1n) is 10.2. The van der Waals surface area contributed by atoms with E-state index in [9.17, 15) is 21.6 Å². The van der Waals surface area contributed by atoms with Crippen LogP contribution in [0.5, 0.6) is 0 Å². The lowest BCUT2D eigenvalue weighted by atomic mass is 10.0. The SMILES string of the molecule is Cc1cc(C)c(C)c(S(=O)(=O)N2CCN(CC(=O)N[C@H]3CCS(=O)(=O)C3)CC2)c1C. The summed E-state index contributed by atoms with van der Waals surface area (Å²) in [5.41, 5.74) is 3.49. The lowest BCUT2D eigenvalue weighted by molar-refractivity contribution is -0.123. The fraction of sp³-hybridized carbons (Fsp3) is 0.650. The van der Waals surface area contributed by atoms with Gasteiger partial charge in [0.25, 0.3) is 0 Å². The predicted octanol–water partition coefficient (Wildman–Crippen LogP) is 0.530. The number of hydrogen-bond donors (Lipinski definition) is 1. The molecule has 0 spiro atoms. The summed E-state index contributed by atoms with van der Waals surface area (Å²) in [7, 11) is -6.65. The average molecular weight is 458 g/mol. The smallest absolute Gasteiger partial charge is 0.243 e. The zero-order chi connectivity index (χ0) is 22.3. The monoisotopic (exact) mass is 457 g/mol. The fourth-order valence-electron chi connectivity index (χ4n) is 4.21. The van der Waals surface area contributed by atoms with Gasteiger partial charge in [0.1, 0.15) is 0 Å². The predicted molar refractivity (Wildman–Crippen MR) is 116 cm³/mol. The molecule has 2 aliphatic rings. The lowest BCUT2D eigenvalue weighted by Crippen LogP contribution is -2.52. The molecular weight excluding hydrogens is 426 g/mol. The highest BCUT2D eigenvalue weighted by molar-refractivity contribution is 7.91. The summed E-state index contributed by atoms with van der Waals surface area (Å²) in [6.07, 6.45) is 0.453. The average Bonchev–Trinajstić information content (AvgIpc) is 2.98. The Morgan fingerprint density at radius 2 is 1.63 bits per heavy atom. The van der Waals surface area contributed by atoms with Crippen molar-refractivity contribution < 1.29 is 21.6 Å². The normalized spacial score (nSPS) is 22.9. The minimum Gasteiger partial charge on any atom is -0.351 e. The first-order chi connectivity index (χ1) is 13.9. The third-order valence-corrected chi connectivity index (χ3v) is 10.1. The van der Waals surface area contributed by atoms with Crippen molar-refractivity contribution >= 4 is 25.8 Å². The zero-order valence-corrected chi connectivity index (χ0v) is 19.7. The van der Waals surface area contributed by atoms with Crippen molar-refractivity contribution in [2.75, 3.05) is 44.2 Å². The maximum atomic E-state index is 13.3. The van der Waals surface area contributed by atoms with Crippen LogP contribution in [-0.2, 0) is 24.7 Å². The molecule has 0 radical (unpaired) electrons. The standard InChI is InChI=1S/C20H31N3O5S2/c1-14-11-15(2)17(4)20(16(14)3)30(27,28)23-8-6-22(7-9-23)12-19(24)21-18-5-10-29(25,26)13-18/h11,18H,5-10,12-13H2,1-4H3,(H,21,24)/t18-/m0/s1. The van der Waals surface area contributed by atoms with Gasteiger partial charge in [0, 0.05) is 32.2 Å². The molecule has 168 valence electrons. The second-order valence-electron chi connectivity index (χ2n) is 8.44. The van der Waals surface area contributed by atoms with E-state index in [2.05, 4.69) is 5.32 Å². The number of amides is 1. The van der Waals surface area contributed by atoms with E-state index in [0.29, 0.717) is 37.5 Å². The van der Waals surface area contributed by atoms with E-state index < -0.39 is 19.9 Å². The molecule has 0 unspecified atom stereocenters. The van der Waals surface area contributed by atoms with E-state index in [1.165, 1.54) is 4.31 Å². The summed E-state index contributed by atoms with van der Waals surface area (Å²) in [4.78, 5) is 14.6. The van der Waals surface area contributed by atoms with Gasteiger partial charge in [-0.15, -0.1) is 0 Å². The second-order valence-corrected chi connectivity index (χ2v) is 12.5. The zero-order valence-electron chi connectivity index (χ0n) is 18.1. The van der Waals surface area contributed by atoms with Crippen LogP contribution in [0, 0.1) is 27.7 Å². The van der Waals surface area contributed by atoms with Gasteiger partial charge in [-0.05, 0) is 56.4 Å². The van der Waals surface area contributed by atoms with Crippen LogP contribution in [0.2, 0.25) is 0 Å². The highest BCUT2D eigenvalue weighted by atomic mass is 32.2. The van der Waals surface area contributed by atoms with Gasteiger partial charge in [-0.2, -0.15) is 4.31 Å². The summed E-state index contributed by atoms with van der Waals surface area (Å²) in [6.45, 7) is 9.23. The van der Waals surface area contributed by atoms with Crippen molar-refractivity contribution in [3.63, 3.8) is 0 Å². The quantitative estimate of drug-likeness (QED) is 0.692. The van der Waals surface area contributed by atoms with Crippen LogP contribution in [0.4, 0.5) is 0 Å². The van der Waals surface area contributed by atoms with Crippen LogP contribution in [0.25, 0.3) is 0 Å². The number of aryl methyl sites for hydroxylation is 2. The number of sulfonamides is 1. The van der Waals surface area contributed by atoms with Crippen LogP contribution in [0.1, 0.15) is 28.7 Å². The molecule has 2 heterocycles. The Balaban J connectivity index is 1.61. The highest BCUT2D eigenvalue weighted by Gasteiger charge is 2.33. The van der Waals surface area contributed by atoms with E-state index >= 15 is 0 Å². The molecule has 1 N–H and O–H groups in total. The number of piperazine rings is 1. The summed E-state index contributed by atoms with van der Waals surface area (Å²) in [5, 5.41) is 2.78. The first kappa shape index (κ1) is 23.2. The highest BCUT2D eigenvalue weighted by Crippen LogP contribution is 2.29. The first-order valence-corrected chi connectivity index (χ1v) is 13.5. The van der Waals surface area contributed by atoms with Crippen LogP contribution in [0.15, 0.2) is 11.0 Å². The Labute approximate surface area is 179 Å². The van der Waals surface area contributed by atoms with E-state index in [0.717, 1.165) is 22.3 Å². The van der Waals surface area contributed by atoms with Crippen molar-refractivity contribution in [1.29, 1.82) is 0 Å². The van der Waals surface area contributed by atoms with Crippen molar-refractivity contribution in [3.05, 3.63) is 28.3 Å². The number of carbonyl (C=O) groups excluding carboxylic acids is 1. The third-order valence-electron chi connectivity index (χ3n) is 6.19. The third kappa shape index (κ3) is 4.87. The molecular formula is C20H31N3O5S2. The number of nitrogens with zero attached hydrogens (tertiary/aromatic N) is 2. The Bertz CT molecular complexity index is 1020. The van der Waals surface area contributed by atoms with E-state index in [1.807, 2.05) is 38.7 Å². The van der Waals surface area contributed by atoms with E-state index in [-0.39, 0.29) is 30.0 Å². The molecule has 1 aromatic carbocycles. The van der Waals surface area contributed by atoms with Crippen LogP contribution < -0.4 is 5.32 Å². The van der Waals surface area contributed by atoms with E-state index in [4.69, 9.17) is 0 Å². The topological polar surface area (TPSA) is 104 Å². The Hall–Kier alpha value is -1.49. The maximum Gasteiger partial charge on any atom is 0.243 e. The van der Waals surface area contributed by atoms with E-state index in [1.54, 1.807) is 0 Å². The number of rotatable bonds is 5. The molecule has 2 aliphatic heterocycles. The minimum atomic E-state index is -3.61. The van der Waals surface area contributed by atoms with Gasteiger partial charge >= 0.3 is 0 Å². The number of sulfone groups is 1. The van der Waals surface area contributed by atoms with Gasteiger partial charge in [-0.25, -0.2) is 16.8 Å². The molecule has 10 heteroatoms. The van der Waals surface area contributed by atoms with Gasteiger partial charge in [0.05, 0.1) is 22.9 Å². The molecule has 0 bridgehead atoms. The van der Waals surface area contributed by atoms with Crippen molar-refractivity contribution in [3.8, 4) is 0 Å². The molecule has 3 rings (SSSR count). The summed E-state index contributed by atoms with van der Waals surface area (Å²) in [6, 6.07) is 1.69. The summed E-state index contributed by atoms with van der Waals surface area (Å²) < 4.78 is 51.2. The molecule has 2 saturated heterocycles. The van der Waals surface area contributed by atoms with Gasteiger partial charge in [-0.1, -0.05) is 6.07 Å². The molecule has 8 nitrogen and oxygen atoms in total. The van der Waals surface area contributed by atoms with Crippen LogP contribution >= 0.6 is 0 Å². The Morgan fingerprint density at radius 1 is 1.07 bits per heavy atom. The summed E-state index contributed by atoms with van der Waals surface area (Å²) in [5.74, 6) is -0.0973. The van der Waals surface area contributed by atoms with Crippen molar-refractivity contribution in [1.82, 2.24) is 14.5 Å². The van der Waals surface area contributed by atoms with Gasteiger partial charge in [-0.3, -0.25) is 9.69 Å². The second kappa shape index (κ2) is 8.57. The largest absolute Gasteiger partial charge is 0.351 e. The number of benzene rings is 1. The van der Waals surface area contributed by atoms with Gasteiger partial charge < -0.3 is 5.32 Å². The molecule has 2 fully saturated rings. The Morgan fingerprint density at radius 3 is 2.13 bits per heavy atom. The number of carbonyl (C=O) groups is 1. The van der Waals surface area contributed by atoms with Crippen LogP contribution in [-0.4, -0.2) is 82.2 Å². The fourth-order valence-corrected chi connectivity index (χ4v) is 7.88. The van der Waals surface area contributed by atoms with Crippen molar-refractivity contribution in [2.45, 2.75) is 45.1 Å². The number of hydrogen-bond acceptors (Lipinski definition) is 6. The molecule has 1 aromatic rings. The minimum absolute atomic E-state index is 0.000622.